The Labute approximate surface area is 216 Å². The molecular weight excluding hydrogens is 473 g/mol. The second-order valence-corrected chi connectivity index (χ2v) is 11.7. The van der Waals surface area contributed by atoms with E-state index < -0.39 is 7.82 Å². The molecule has 1 aliphatic rings. The van der Waals surface area contributed by atoms with Crippen molar-refractivity contribution in [1.29, 1.82) is 0 Å². The van der Waals surface area contributed by atoms with Gasteiger partial charge in [0, 0.05) is 18.4 Å². The summed E-state index contributed by atoms with van der Waals surface area (Å²) in [6, 6.07) is 21.0. The third-order valence-electron chi connectivity index (χ3n) is 6.96. The van der Waals surface area contributed by atoms with E-state index in [0.717, 1.165) is 32.1 Å². The molecule has 3 rings (SSSR count). The standard InChI is InChI=1S/C29H42NO5P/c1-24(2)23-28(31)30-21-11-3-4-12-22-34-36(32,33)35-27-17-19-29(20-18-27,25-13-7-5-8-14-25)26-15-9-6-10-16-26/h5-10,13-16,24,27H,3-4,11-12,17-23H2,1-2H3,(H,30,31)(H,32,33). The van der Waals surface area contributed by atoms with Crippen molar-refractivity contribution in [3.05, 3.63) is 71.8 Å². The molecule has 0 spiro atoms. The van der Waals surface area contributed by atoms with Gasteiger partial charge in [-0.15, -0.1) is 0 Å². The number of phosphoric ester groups is 1. The zero-order valence-corrected chi connectivity index (χ0v) is 22.6. The van der Waals surface area contributed by atoms with Crippen molar-refractivity contribution in [3.8, 4) is 0 Å². The number of unbranched alkanes of at least 4 members (excludes halogenated alkanes) is 3. The maximum atomic E-state index is 12.5. The lowest BCUT2D eigenvalue weighted by Crippen LogP contribution is -2.35. The van der Waals surface area contributed by atoms with Gasteiger partial charge in [0.2, 0.25) is 5.91 Å². The summed E-state index contributed by atoms with van der Waals surface area (Å²) < 4.78 is 23.4. The van der Waals surface area contributed by atoms with Gasteiger partial charge in [-0.2, -0.15) is 0 Å². The second kappa shape index (κ2) is 14.1. The highest BCUT2D eigenvalue weighted by Gasteiger charge is 2.40. The monoisotopic (exact) mass is 515 g/mol. The first kappa shape index (κ1) is 28.6. The van der Waals surface area contributed by atoms with Crippen molar-refractivity contribution in [1.82, 2.24) is 5.32 Å². The quantitative estimate of drug-likeness (QED) is 0.214. The van der Waals surface area contributed by atoms with E-state index in [1.807, 2.05) is 26.0 Å². The third kappa shape index (κ3) is 8.85. The molecule has 0 bridgehead atoms. The fourth-order valence-corrected chi connectivity index (χ4v) is 6.11. The third-order valence-corrected chi connectivity index (χ3v) is 8.04. The number of nitrogens with one attached hydrogen (secondary N) is 1. The molecule has 7 heteroatoms. The molecule has 1 unspecified atom stereocenters. The van der Waals surface area contributed by atoms with Gasteiger partial charge in [-0.25, -0.2) is 4.57 Å². The van der Waals surface area contributed by atoms with Gasteiger partial charge in [0.15, 0.2) is 0 Å². The van der Waals surface area contributed by atoms with E-state index in [1.54, 1.807) is 0 Å². The minimum atomic E-state index is -4.09. The smallest absolute Gasteiger partial charge is 0.356 e. The molecule has 1 aliphatic carbocycles. The number of hydrogen-bond acceptors (Lipinski definition) is 4. The lowest BCUT2D eigenvalue weighted by Gasteiger charge is -2.41. The Morgan fingerprint density at radius 1 is 0.972 bits per heavy atom. The Bertz CT molecular complexity index is 917. The number of carbonyl (C=O) groups excluding carboxylic acids is 1. The number of amides is 1. The number of benzene rings is 2. The van der Waals surface area contributed by atoms with Crippen LogP contribution in [0.3, 0.4) is 0 Å². The van der Waals surface area contributed by atoms with Crippen LogP contribution in [0, 0.1) is 5.92 Å². The number of rotatable bonds is 14. The van der Waals surface area contributed by atoms with Crippen molar-refractivity contribution in [2.75, 3.05) is 13.2 Å². The van der Waals surface area contributed by atoms with Crippen LogP contribution in [0.1, 0.15) is 82.8 Å². The highest BCUT2D eigenvalue weighted by atomic mass is 31.2. The van der Waals surface area contributed by atoms with Gasteiger partial charge in [-0.3, -0.25) is 13.8 Å². The fraction of sp³-hybridized carbons (Fsp3) is 0.552. The summed E-state index contributed by atoms with van der Waals surface area (Å²) in [5, 5.41) is 2.93. The minimum Gasteiger partial charge on any atom is -0.356 e. The number of carbonyl (C=O) groups is 1. The Hall–Kier alpha value is -1.98. The van der Waals surface area contributed by atoms with Crippen molar-refractivity contribution < 1.29 is 23.3 Å². The van der Waals surface area contributed by atoms with E-state index in [0.29, 0.717) is 38.1 Å². The first-order chi connectivity index (χ1) is 17.3. The van der Waals surface area contributed by atoms with E-state index in [4.69, 9.17) is 9.05 Å². The van der Waals surface area contributed by atoms with E-state index >= 15 is 0 Å². The number of hydrogen-bond donors (Lipinski definition) is 2. The van der Waals surface area contributed by atoms with Crippen LogP contribution in [-0.2, 0) is 23.8 Å². The van der Waals surface area contributed by atoms with Crippen molar-refractivity contribution >= 4 is 13.7 Å². The van der Waals surface area contributed by atoms with Crippen LogP contribution in [0.25, 0.3) is 0 Å². The van der Waals surface area contributed by atoms with Crippen LogP contribution in [0.5, 0.6) is 0 Å². The Morgan fingerprint density at radius 3 is 2.08 bits per heavy atom. The Morgan fingerprint density at radius 2 is 1.53 bits per heavy atom. The average Bonchev–Trinajstić information content (AvgIpc) is 2.86. The lowest BCUT2D eigenvalue weighted by molar-refractivity contribution is -0.121. The second-order valence-electron chi connectivity index (χ2n) is 10.3. The predicted molar refractivity (Wildman–Crippen MR) is 144 cm³/mol. The largest absolute Gasteiger partial charge is 0.472 e. The van der Waals surface area contributed by atoms with Crippen LogP contribution in [0.2, 0.25) is 0 Å². The highest BCUT2D eigenvalue weighted by molar-refractivity contribution is 7.47. The topological polar surface area (TPSA) is 84.9 Å². The molecule has 36 heavy (non-hydrogen) atoms. The Kier molecular flexibility index (Phi) is 11.2. The summed E-state index contributed by atoms with van der Waals surface area (Å²) in [5.41, 5.74) is 2.44. The predicted octanol–water partition coefficient (Wildman–Crippen LogP) is 6.77. The molecule has 198 valence electrons. The molecule has 2 N–H and O–H groups in total. The molecule has 2 aromatic carbocycles. The summed E-state index contributed by atoms with van der Waals surface area (Å²) in [6.07, 6.45) is 6.73. The van der Waals surface area contributed by atoms with Gasteiger partial charge in [0.1, 0.15) is 0 Å². The molecule has 0 aliphatic heterocycles. The Balaban J connectivity index is 1.39. The molecule has 1 fully saturated rings. The summed E-state index contributed by atoms with van der Waals surface area (Å²) in [7, 11) is -4.09. The maximum Gasteiger partial charge on any atom is 0.472 e. The summed E-state index contributed by atoms with van der Waals surface area (Å²) in [6.45, 7) is 4.92. The molecule has 0 saturated heterocycles. The van der Waals surface area contributed by atoms with Crippen molar-refractivity contribution in [2.24, 2.45) is 5.92 Å². The summed E-state index contributed by atoms with van der Waals surface area (Å²) in [4.78, 5) is 21.9. The van der Waals surface area contributed by atoms with Gasteiger partial charge in [-0.1, -0.05) is 87.4 Å². The highest BCUT2D eigenvalue weighted by Crippen LogP contribution is 2.51. The van der Waals surface area contributed by atoms with Gasteiger partial charge in [-0.05, 0) is 55.6 Å². The lowest BCUT2D eigenvalue weighted by atomic mass is 9.65. The fourth-order valence-electron chi connectivity index (χ4n) is 5.10. The molecule has 2 aromatic rings. The SMILES string of the molecule is CC(C)CC(=O)NCCCCCCOP(=O)(O)OC1CCC(c2ccccc2)(c2ccccc2)CC1. The summed E-state index contributed by atoms with van der Waals surface area (Å²) in [5.74, 6) is 0.460. The molecule has 1 amide bonds. The molecule has 0 heterocycles. The van der Waals surface area contributed by atoms with E-state index in [9.17, 15) is 14.3 Å². The summed E-state index contributed by atoms with van der Waals surface area (Å²) >= 11 is 0. The first-order valence-corrected chi connectivity index (χ1v) is 14.8. The van der Waals surface area contributed by atoms with Crippen LogP contribution >= 0.6 is 7.82 Å². The molecule has 0 radical (unpaired) electrons. The normalized spacial score (nSPS) is 17.6. The van der Waals surface area contributed by atoms with Crippen LogP contribution < -0.4 is 5.32 Å². The van der Waals surface area contributed by atoms with E-state index in [1.165, 1.54) is 11.1 Å². The van der Waals surface area contributed by atoms with Gasteiger partial charge >= 0.3 is 7.82 Å². The van der Waals surface area contributed by atoms with E-state index in [-0.39, 0.29) is 24.0 Å². The maximum absolute atomic E-state index is 12.5. The molecule has 6 nitrogen and oxygen atoms in total. The van der Waals surface area contributed by atoms with Crippen LogP contribution in [0.4, 0.5) is 0 Å². The molecular formula is C29H42NO5P. The van der Waals surface area contributed by atoms with Gasteiger partial charge in [0.25, 0.3) is 0 Å². The van der Waals surface area contributed by atoms with E-state index in [2.05, 4.69) is 53.8 Å². The molecule has 0 aromatic heterocycles. The zero-order valence-electron chi connectivity index (χ0n) is 21.7. The zero-order chi connectivity index (χ0) is 25.9. The first-order valence-electron chi connectivity index (χ1n) is 13.3. The van der Waals surface area contributed by atoms with Gasteiger partial charge in [0.05, 0.1) is 12.7 Å². The number of phosphoric acid groups is 1. The van der Waals surface area contributed by atoms with Crippen molar-refractivity contribution in [2.45, 2.75) is 83.2 Å². The van der Waals surface area contributed by atoms with Crippen molar-refractivity contribution in [3.63, 3.8) is 0 Å². The average molecular weight is 516 g/mol. The molecule has 1 atom stereocenters. The van der Waals surface area contributed by atoms with Gasteiger partial charge < -0.3 is 10.2 Å². The minimum absolute atomic E-state index is 0.0965. The van der Waals surface area contributed by atoms with Crippen LogP contribution in [-0.4, -0.2) is 30.1 Å². The van der Waals surface area contributed by atoms with Crippen LogP contribution in [0.15, 0.2) is 60.7 Å². The molecule has 1 saturated carbocycles.